The third-order valence-corrected chi connectivity index (χ3v) is 0.725. The largest absolute Gasteiger partial charge is 0.432 e. The van der Waals surface area contributed by atoms with Gasteiger partial charge < -0.3 is 0 Å². The summed E-state index contributed by atoms with van der Waals surface area (Å²) in [6.07, 6.45) is -3.67. The van der Waals surface area contributed by atoms with Gasteiger partial charge in [-0.3, -0.25) is 4.99 Å². The zero-order valence-electron chi connectivity index (χ0n) is 4.87. The Morgan fingerprint density at radius 1 is 1.56 bits per heavy atom. The number of hydrogen-bond acceptors (Lipinski definition) is 1. The molecule has 0 saturated heterocycles. The summed E-state index contributed by atoms with van der Waals surface area (Å²) in [6, 6.07) is 0. The summed E-state index contributed by atoms with van der Waals surface area (Å²) in [5.41, 5.74) is -0.942. The molecule has 9 heavy (non-hydrogen) atoms. The van der Waals surface area contributed by atoms with E-state index >= 15 is 0 Å². The van der Waals surface area contributed by atoms with Gasteiger partial charge in [-0.15, -0.1) is 0 Å². The Morgan fingerprint density at radius 3 is 2.00 bits per heavy atom. The lowest BCUT2D eigenvalue weighted by Crippen LogP contribution is -2.19. The lowest BCUT2D eigenvalue weighted by atomic mass is 10.4. The van der Waals surface area contributed by atoms with Gasteiger partial charge in [-0.2, -0.15) is 13.2 Å². The molecule has 4 heteroatoms. The van der Waals surface area contributed by atoms with Crippen LogP contribution >= 0.6 is 0 Å². The Balaban J connectivity index is 4.32. The van der Waals surface area contributed by atoms with Crippen molar-refractivity contribution < 1.29 is 13.2 Å². The topological polar surface area (TPSA) is 12.4 Å². The van der Waals surface area contributed by atoms with Gasteiger partial charge in [0.2, 0.25) is 0 Å². The fraction of sp³-hybridized carbons (Fsp3) is 0.400. The number of rotatable bonds is 1. The van der Waals surface area contributed by atoms with Crippen LogP contribution in [0.1, 0.15) is 0 Å². The number of halogens is 3. The van der Waals surface area contributed by atoms with Crippen LogP contribution in [0.5, 0.6) is 0 Å². The standard InChI is InChI=1S/C5H6F3N/c1-3-4(9-2)5(6,7)8/h3H,1H2,2H3. The zero-order valence-corrected chi connectivity index (χ0v) is 4.87. The summed E-state index contributed by atoms with van der Waals surface area (Å²) >= 11 is 0. The van der Waals surface area contributed by atoms with E-state index in [1.807, 2.05) is 0 Å². The third-order valence-electron chi connectivity index (χ3n) is 0.725. The molecule has 0 aromatic carbocycles. The van der Waals surface area contributed by atoms with E-state index in [4.69, 9.17) is 0 Å². The summed E-state index contributed by atoms with van der Waals surface area (Å²) in [5, 5.41) is 0. The Hall–Kier alpha value is -0.800. The molecule has 0 radical (unpaired) electrons. The van der Waals surface area contributed by atoms with Gasteiger partial charge in [-0.1, -0.05) is 6.58 Å². The molecule has 52 valence electrons. The lowest BCUT2D eigenvalue weighted by Gasteiger charge is -2.02. The fourth-order valence-corrected chi connectivity index (χ4v) is 0.334. The van der Waals surface area contributed by atoms with Crippen molar-refractivity contribution in [3.8, 4) is 0 Å². The maximum atomic E-state index is 11.5. The molecule has 0 aliphatic rings. The van der Waals surface area contributed by atoms with Crippen LogP contribution in [0.25, 0.3) is 0 Å². The van der Waals surface area contributed by atoms with E-state index in [2.05, 4.69) is 11.6 Å². The molecular formula is C5H6F3N. The molecule has 0 saturated carbocycles. The second-order valence-corrected chi connectivity index (χ2v) is 1.31. The van der Waals surface area contributed by atoms with Crippen LogP contribution in [0.15, 0.2) is 17.6 Å². The monoisotopic (exact) mass is 137 g/mol. The van der Waals surface area contributed by atoms with Crippen LogP contribution in [0, 0.1) is 0 Å². The van der Waals surface area contributed by atoms with Gasteiger partial charge in [-0.05, 0) is 6.08 Å². The first-order chi connectivity index (χ1) is 4.02. The molecule has 0 amide bonds. The van der Waals surface area contributed by atoms with Gasteiger partial charge in [0.25, 0.3) is 0 Å². The molecule has 0 aromatic rings. The molecule has 0 atom stereocenters. The maximum absolute atomic E-state index is 11.5. The molecule has 0 heterocycles. The quantitative estimate of drug-likeness (QED) is 0.488. The van der Waals surface area contributed by atoms with Crippen LogP contribution in [0.4, 0.5) is 13.2 Å². The molecule has 0 N–H and O–H groups in total. The molecule has 0 aliphatic heterocycles. The highest BCUT2D eigenvalue weighted by molar-refractivity contribution is 5.98. The van der Waals surface area contributed by atoms with Crippen molar-refractivity contribution >= 4 is 5.71 Å². The van der Waals surface area contributed by atoms with Gasteiger partial charge in [-0.25, -0.2) is 0 Å². The minimum atomic E-state index is -4.35. The summed E-state index contributed by atoms with van der Waals surface area (Å²) in [6.45, 7) is 2.95. The van der Waals surface area contributed by atoms with E-state index in [9.17, 15) is 13.2 Å². The normalized spacial score (nSPS) is 13.6. The summed E-state index contributed by atoms with van der Waals surface area (Å²) in [4.78, 5) is 2.95. The molecular weight excluding hydrogens is 131 g/mol. The molecule has 0 bridgehead atoms. The van der Waals surface area contributed by atoms with Crippen molar-refractivity contribution in [2.45, 2.75) is 6.18 Å². The average molecular weight is 137 g/mol. The van der Waals surface area contributed by atoms with Gasteiger partial charge >= 0.3 is 6.18 Å². The minimum Gasteiger partial charge on any atom is -0.284 e. The SMILES string of the molecule is C=CC(=NC)C(F)(F)F. The average Bonchev–Trinajstić information content (AvgIpc) is 1.65. The molecule has 0 spiro atoms. The van der Waals surface area contributed by atoms with Crippen LogP contribution < -0.4 is 0 Å². The highest BCUT2D eigenvalue weighted by Crippen LogP contribution is 2.17. The van der Waals surface area contributed by atoms with Crippen LogP contribution in [-0.4, -0.2) is 18.9 Å². The lowest BCUT2D eigenvalue weighted by molar-refractivity contribution is -0.0577. The van der Waals surface area contributed by atoms with E-state index in [0.717, 1.165) is 7.05 Å². The zero-order chi connectivity index (χ0) is 7.49. The third kappa shape index (κ3) is 2.30. The summed E-state index contributed by atoms with van der Waals surface area (Å²) in [5.74, 6) is 0. The number of hydrogen-bond donors (Lipinski definition) is 0. The first-order valence-corrected chi connectivity index (χ1v) is 2.18. The Morgan fingerprint density at radius 2 is 2.00 bits per heavy atom. The molecule has 0 aromatic heterocycles. The van der Waals surface area contributed by atoms with Crippen molar-refractivity contribution in [1.29, 1.82) is 0 Å². The highest BCUT2D eigenvalue weighted by atomic mass is 19.4. The summed E-state index contributed by atoms with van der Waals surface area (Å²) in [7, 11) is 1.07. The van der Waals surface area contributed by atoms with Gasteiger partial charge in [0, 0.05) is 7.05 Å². The van der Waals surface area contributed by atoms with Crippen LogP contribution in [0.3, 0.4) is 0 Å². The van der Waals surface area contributed by atoms with E-state index in [0.29, 0.717) is 6.08 Å². The first kappa shape index (κ1) is 8.20. The van der Waals surface area contributed by atoms with E-state index in [-0.39, 0.29) is 0 Å². The number of alkyl halides is 3. The maximum Gasteiger partial charge on any atom is 0.432 e. The first-order valence-electron chi connectivity index (χ1n) is 2.18. The number of allylic oxidation sites excluding steroid dienone is 1. The predicted octanol–water partition coefficient (Wildman–Crippen LogP) is 1.81. The molecule has 0 fully saturated rings. The van der Waals surface area contributed by atoms with Gasteiger partial charge in [0.1, 0.15) is 5.71 Å². The number of aliphatic imine (C=N–C) groups is 1. The molecule has 1 nitrogen and oxygen atoms in total. The van der Waals surface area contributed by atoms with Crippen molar-refractivity contribution in [3.05, 3.63) is 12.7 Å². The molecule has 0 rings (SSSR count). The van der Waals surface area contributed by atoms with Gasteiger partial charge in [0.15, 0.2) is 0 Å². The van der Waals surface area contributed by atoms with Crippen molar-refractivity contribution in [3.63, 3.8) is 0 Å². The Bertz CT molecular complexity index is 134. The Kier molecular flexibility index (Phi) is 2.42. The van der Waals surface area contributed by atoms with Crippen molar-refractivity contribution in [2.75, 3.05) is 7.05 Å². The fourth-order valence-electron chi connectivity index (χ4n) is 0.334. The smallest absolute Gasteiger partial charge is 0.284 e. The minimum absolute atomic E-state index is 0.681. The molecule has 0 aliphatic carbocycles. The van der Waals surface area contributed by atoms with Crippen LogP contribution in [0.2, 0.25) is 0 Å². The second kappa shape index (κ2) is 2.66. The van der Waals surface area contributed by atoms with Gasteiger partial charge in [0.05, 0.1) is 0 Å². The Labute approximate surface area is 50.9 Å². The van der Waals surface area contributed by atoms with Crippen LogP contribution in [-0.2, 0) is 0 Å². The van der Waals surface area contributed by atoms with E-state index < -0.39 is 11.9 Å². The van der Waals surface area contributed by atoms with Crippen molar-refractivity contribution in [1.82, 2.24) is 0 Å². The van der Waals surface area contributed by atoms with Crippen molar-refractivity contribution in [2.24, 2.45) is 4.99 Å². The second-order valence-electron chi connectivity index (χ2n) is 1.31. The van der Waals surface area contributed by atoms with E-state index in [1.165, 1.54) is 0 Å². The summed E-state index contributed by atoms with van der Waals surface area (Å²) < 4.78 is 34.6. The highest BCUT2D eigenvalue weighted by Gasteiger charge is 2.32. The number of nitrogens with zero attached hydrogens (tertiary/aromatic N) is 1. The predicted molar refractivity (Wildman–Crippen MR) is 29.6 cm³/mol. The van der Waals surface area contributed by atoms with E-state index in [1.54, 1.807) is 0 Å². The molecule has 0 unspecified atom stereocenters.